The number of hydrogen-bond donors (Lipinski definition) is 0. The first kappa shape index (κ1) is 13.7. The van der Waals surface area contributed by atoms with Gasteiger partial charge in [-0.1, -0.05) is 23.7 Å². The van der Waals surface area contributed by atoms with Crippen molar-refractivity contribution in [2.24, 2.45) is 0 Å². The minimum Gasteiger partial charge on any atom is -0.491 e. The summed E-state index contributed by atoms with van der Waals surface area (Å²) in [5.74, 6) is 1.92. The van der Waals surface area contributed by atoms with E-state index in [1.807, 2.05) is 36.0 Å². The zero-order valence-corrected chi connectivity index (χ0v) is 11.4. The predicted octanol–water partition coefficient (Wildman–Crippen LogP) is 3.01. The van der Waals surface area contributed by atoms with Gasteiger partial charge in [0.1, 0.15) is 12.4 Å². The molecule has 16 heavy (non-hydrogen) atoms. The molecule has 1 rings (SSSR count). The molecule has 0 aliphatic heterocycles. The number of thioether (sulfide) groups is 1. The Hall–Kier alpha value is -0.380. The molecule has 0 saturated carbocycles. The number of para-hydroxylation sites is 1. The highest BCUT2D eigenvalue weighted by Crippen LogP contribution is 2.22. The van der Waals surface area contributed by atoms with Crippen LogP contribution < -0.4 is 4.74 Å². The molecule has 0 aliphatic carbocycles. The van der Waals surface area contributed by atoms with E-state index >= 15 is 0 Å². The Bertz CT molecular complexity index is 309. The Morgan fingerprint density at radius 1 is 1.31 bits per heavy atom. The fourth-order valence-electron chi connectivity index (χ4n) is 1.23. The van der Waals surface area contributed by atoms with Crippen LogP contribution in [0.4, 0.5) is 0 Å². The SMILES string of the molecule is CSCCN(C)CCOc1ccccc1Cl. The van der Waals surface area contributed by atoms with Crippen LogP contribution in [-0.2, 0) is 0 Å². The molecule has 90 valence electrons. The van der Waals surface area contributed by atoms with E-state index < -0.39 is 0 Å². The van der Waals surface area contributed by atoms with E-state index in [0.29, 0.717) is 11.6 Å². The third-order valence-electron chi connectivity index (χ3n) is 2.24. The lowest BCUT2D eigenvalue weighted by molar-refractivity contribution is 0.245. The Labute approximate surface area is 107 Å². The highest BCUT2D eigenvalue weighted by atomic mass is 35.5. The summed E-state index contributed by atoms with van der Waals surface area (Å²) in [4.78, 5) is 2.26. The van der Waals surface area contributed by atoms with Crippen LogP contribution in [0.25, 0.3) is 0 Å². The van der Waals surface area contributed by atoms with E-state index in [-0.39, 0.29) is 0 Å². The molecule has 0 fully saturated rings. The van der Waals surface area contributed by atoms with Gasteiger partial charge in [-0.05, 0) is 25.4 Å². The van der Waals surface area contributed by atoms with Gasteiger partial charge in [-0.2, -0.15) is 11.8 Å². The summed E-state index contributed by atoms with van der Waals surface area (Å²) < 4.78 is 5.61. The monoisotopic (exact) mass is 259 g/mol. The lowest BCUT2D eigenvalue weighted by Gasteiger charge is -2.16. The second-order valence-corrected chi connectivity index (χ2v) is 4.97. The van der Waals surface area contributed by atoms with Gasteiger partial charge >= 0.3 is 0 Å². The van der Waals surface area contributed by atoms with Crippen LogP contribution in [0.1, 0.15) is 0 Å². The fourth-order valence-corrected chi connectivity index (χ4v) is 1.92. The maximum absolute atomic E-state index is 5.98. The lowest BCUT2D eigenvalue weighted by Crippen LogP contribution is -2.26. The summed E-state index contributed by atoms with van der Waals surface area (Å²) in [5.41, 5.74) is 0. The van der Waals surface area contributed by atoms with Crippen molar-refractivity contribution in [1.82, 2.24) is 4.90 Å². The first-order valence-electron chi connectivity index (χ1n) is 5.29. The van der Waals surface area contributed by atoms with Crippen LogP contribution in [0.15, 0.2) is 24.3 Å². The smallest absolute Gasteiger partial charge is 0.137 e. The number of nitrogens with zero attached hydrogens (tertiary/aromatic N) is 1. The van der Waals surface area contributed by atoms with Gasteiger partial charge in [0.05, 0.1) is 5.02 Å². The molecule has 0 amide bonds. The molecule has 0 heterocycles. The van der Waals surface area contributed by atoms with Crippen molar-refractivity contribution in [3.63, 3.8) is 0 Å². The van der Waals surface area contributed by atoms with E-state index in [1.54, 1.807) is 0 Å². The summed E-state index contributed by atoms with van der Waals surface area (Å²) in [6.07, 6.45) is 2.12. The van der Waals surface area contributed by atoms with E-state index in [4.69, 9.17) is 16.3 Å². The largest absolute Gasteiger partial charge is 0.491 e. The van der Waals surface area contributed by atoms with Gasteiger partial charge in [0, 0.05) is 18.8 Å². The molecular formula is C12H18ClNOS. The summed E-state index contributed by atoms with van der Waals surface area (Å²) >= 11 is 7.84. The Morgan fingerprint density at radius 3 is 2.75 bits per heavy atom. The minimum absolute atomic E-state index is 0.675. The van der Waals surface area contributed by atoms with Gasteiger partial charge in [-0.15, -0.1) is 0 Å². The van der Waals surface area contributed by atoms with E-state index in [0.717, 1.165) is 24.6 Å². The first-order valence-corrected chi connectivity index (χ1v) is 7.06. The van der Waals surface area contributed by atoms with Crippen LogP contribution in [-0.4, -0.2) is 43.7 Å². The quantitative estimate of drug-likeness (QED) is 0.747. The van der Waals surface area contributed by atoms with Crippen molar-refractivity contribution in [1.29, 1.82) is 0 Å². The molecule has 0 bridgehead atoms. The minimum atomic E-state index is 0.675. The Balaban J connectivity index is 2.23. The summed E-state index contributed by atoms with van der Waals surface area (Å²) in [7, 11) is 2.10. The van der Waals surface area contributed by atoms with Crippen LogP contribution in [0.2, 0.25) is 5.02 Å². The van der Waals surface area contributed by atoms with E-state index in [1.165, 1.54) is 0 Å². The number of benzene rings is 1. The highest BCUT2D eigenvalue weighted by molar-refractivity contribution is 7.98. The second-order valence-electron chi connectivity index (χ2n) is 3.57. The first-order chi connectivity index (χ1) is 7.74. The van der Waals surface area contributed by atoms with Crippen LogP contribution in [0, 0.1) is 0 Å². The normalized spacial score (nSPS) is 10.8. The molecule has 0 unspecified atom stereocenters. The molecule has 1 aromatic rings. The number of halogens is 1. The van der Waals surface area contributed by atoms with Crippen molar-refractivity contribution in [2.75, 3.05) is 38.8 Å². The third kappa shape index (κ3) is 5.10. The van der Waals surface area contributed by atoms with Crippen LogP contribution in [0.5, 0.6) is 5.75 Å². The van der Waals surface area contributed by atoms with Crippen molar-refractivity contribution in [3.05, 3.63) is 29.3 Å². The zero-order valence-electron chi connectivity index (χ0n) is 9.78. The summed E-state index contributed by atoms with van der Waals surface area (Å²) in [6.45, 7) is 2.69. The topological polar surface area (TPSA) is 12.5 Å². The van der Waals surface area contributed by atoms with Crippen LogP contribution >= 0.6 is 23.4 Å². The zero-order chi connectivity index (χ0) is 11.8. The summed E-state index contributed by atoms with van der Waals surface area (Å²) in [6, 6.07) is 7.57. The van der Waals surface area contributed by atoms with Gasteiger partial charge in [-0.25, -0.2) is 0 Å². The number of hydrogen-bond acceptors (Lipinski definition) is 3. The average Bonchev–Trinajstić information content (AvgIpc) is 2.29. The fraction of sp³-hybridized carbons (Fsp3) is 0.500. The van der Waals surface area contributed by atoms with Gasteiger partial charge in [0.2, 0.25) is 0 Å². The van der Waals surface area contributed by atoms with E-state index in [2.05, 4.69) is 18.2 Å². The lowest BCUT2D eigenvalue weighted by atomic mass is 10.3. The van der Waals surface area contributed by atoms with Crippen molar-refractivity contribution < 1.29 is 4.74 Å². The molecule has 0 saturated heterocycles. The maximum Gasteiger partial charge on any atom is 0.137 e. The Morgan fingerprint density at radius 2 is 2.06 bits per heavy atom. The van der Waals surface area contributed by atoms with Gasteiger partial charge in [0.25, 0.3) is 0 Å². The van der Waals surface area contributed by atoms with Crippen LogP contribution in [0.3, 0.4) is 0 Å². The number of ether oxygens (including phenoxy) is 1. The Kier molecular flexibility index (Phi) is 6.69. The molecule has 0 spiro atoms. The highest BCUT2D eigenvalue weighted by Gasteiger charge is 2.01. The molecule has 0 N–H and O–H groups in total. The molecule has 0 radical (unpaired) electrons. The van der Waals surface area contributed by atoms with Gasteiger partial charge < -0.3 is 9.64 Å². The third-order valence-corrected chi connectivity index (χ3v) is 3.15. The average molecular weight is 260 g/mol. The van der Waals surface area contributed by atoms with Crippen molar-refractivity contribution >= 4 is 23.4 Å². The van der Waals surface area contributed by atoms with Gasteiger partial charge in [0.15, 0.2) is 0 Å². The molecule has 0 atom stereocenters. The molecule has 1 aromatic carbocycles. The van der Waals surface area contributed by atoms with Gasteiger partial charge in [-0.3, -0.25) is 0 Å². The van der Waals surface area contributed by atoms with Crippen molar-refractivity contribution in [3.8, 4) is 5.75 Å². The predicted molar refractivity (Wildman–Crippen MR) is 72.8 cm³/mol. The summed E-state index contributed by atoms with van der Waals surface area (Å²) in [5, 5.41) is 0.675. The number of rotatable bonds is 7. The van der Waals surface area contributed by atoms with E-state index in [9.17, 15) is 0 Å². The molecule has 0 aromatic heterocycles. The molecule has 0 aliphatic rings. The van der Waals surface area contributed by atoms with Crippen molar-refractivity contribution in [2.45, 2.75) is 0 Å². The maximum atomic E-state index is 5.98. The number of likely N-dealkylation sites (N-methyl/N-ethyl adjacent to an activating group) is 1. The molecule has 4 heteroatoms. The standard InChI is InChI=1S/C12H18ClNOS/c1-14(8-10-16-2)7-9-15-12-6-4-3-5-11(12)13/h3-6H,7-10H2,1-2H3. The second kappa shape index (κ2) is 7.82. The molecular weight excluding hydrogens is 242 g/mol. The molecule has 2 nitrogen and oxygen atoms in total.